The predicted octanol–water partition coefficient (Wildman–Crippen LogP) is 3.79. The number of pyridine rings is 1. The SMILES string of the molecule is O=Cc1ccc2[nH]c3c(-c4ccoc4)nccc3c2c1. The lowest BCUT2D eigenvalue weighted by Gasteiger charge is -1.98. The van der Waals surface area contributed by atoms with Gasteiger partial charge in [0.2, 0.25) is 0 Å². The van der Waals surface area contributed by atoms with Gasteiger partial charge < -0.3 is 9.40 Å². The second-order valence-corrected chi connectivity index (χ2v) is 4.64. The maximum atomic E-state index is 10.9. The van der Waals surface area contributed by atoms with Gasteiger partial charge in [-0.25, -0.2) is 0 Å². The molecule has 0 bridgehead atoms. The molecule has 4 heteroatoms. The van der Waals surface area contributed by atoms with E-state index in [1.54, 1.807) is 24.8 Å². The third-order valence-electron chi connectivity index (χ3n) is 3.48. The van der Waals surface area contributed by atoms with Crippen LogP contribution in [0.15, 0.2) is 53.5 Å². The highest BCUT2D eigenvalue weighted by Gasteiger charge is 2.11. The van der Waals surface area contributed by atoms with E-state index in [0.717, 1.165) is 39.3 Å². The number of aromatic amines is 1. The Bertz CT molecular complexity index is 920. The molecule has 3 aromatic heterocycles. The van der Waals surface area contributed by atoms with Gasteiger partial charge in [0.15, 0.2) is 0 Å². The Kier molecular flexibility index (Phi) is 2.23. The minimum atomic E-state index is 0.667. The van der Waals surface area contributed by atoms with Crippen LogP contribution in [0.2, 0.25) is 0 Å². The number of hydrogen-bond donors (Lipinski definition) is 1. The third kappa shape index (κ3) is 1.48. The highest BCUT2D eigenvalue weighted by Crippen LogP contribution is 2.31. The van der Waals surface area contributed by atoms with Crippen molar-refractivity contribution in [2.24, 2.45) is 0 Å². The monoisotopic (exact) mass is 262 g/mol. The standard InChI is InChI=1S/C16H10N2O2/c19-8-10-1-2-14-13(7-10)12-3-5-17-15(16(12)18-14)11-4-6-20-9-11/h1-9,18H. The molecule has 0 aliphatic rings. The molecule has 0 saturated carbocycles. The zero-order valence-electron chi connectivity index (χ0n) is 10.5. The Morgan fingerprint density at radius 1 is 1.15 bits per heavy atom. The predicted molar refractivity (Wildman–Crippen MR) is 76.7 cm³/mol. The number of aromatic nitrogens is 2. The van der Waals surface area contributed by atoms with Crippen LogP contribution in [0.25, 0.3) is 33.1 Å². The normalized spacial score (nSPS) is 11.2. The average Bonchev–Trinajstić information content (AvgIpc) is 3.13. The highest BCUT2D eigenvalue weighted by atomic mass is 16.3. The Morgan fingerprint density at radius 3 is 2.90 bits per heavy atom. The van der Waals surface area contributed by atoms with Crippen molar-refractivity contribution < 1.29 is 9.21 Å². The smallest absolute Gasteiger partial charge is 0.150 e. The van der Waals surface area contributed by atoms with Crippen LogP contribution in [-0.4, -0.2) is 16.3 Å². The number of nitrogens with one attached hydrogen (secondary N) is 1. The van der Waals surface area contributed by atoms with Gasteiger partial charge in [-0.05, 0) is 30.3 Å². The molecule has 0 spiro atoms. The molecular formula is C16H10N2O2. The first-order chi connectivity index (χ1) is 9.86. The number of benzene rings is 1. The van der Waals surface area contributed by atoms with Gasteiger partial charge >= 0.3 is 0 Å². The van der Waals surface area contributed by atoms with E-state index in [0.29, 0.717) is 5.56 Å². The second-order valence-electron chi connectivity index (χ2n) is 4.64. The van der Waals surface area contributed by atoms with E-state index < -0.39 is 0 Å². The van der Waals surface area contributed by atoms with E-state index in [-0.39, 0.29) is 0 Å². The molecular weight excluding hydrogens is 252 g/mol. The molecule has 0 fully saturated rings. The van der Waals surface area contributed by atoms with Crippen LogP contribution in [0.1, 0.15) is 10.4 Å². The van der Waals surface area contributed by atoms with Gasteiger partial charge in [-0.15, -0.1) is 0 Å². The molecule has 3 heterocycles. The molecule has 4 nitrogen and oxygen atoms in total. The molecule has 4 aromatic rings. The average molecular weight is 262 g/mol. The van der Waals surface area contributed by atoms with E-state index in [4.69, 9.17) is 4.42 Å². The summed E-state index contributed by atoms with van der Waals surface area (Å²) >= 11 is 0. The molecule has 20 heavy (non-hydrogen) atoms. The number of hydrogen-bond acceptors (Lipinski definition) is 3. The maximum absolute atomic E-state index is 10.9. The Morgan fingerprint density at radius 2 is 2.10 bits per heavy atom. The lowest BCUT2D eigenvalue weighted by molar-refractivity contribution is 0.112. The van der Waals surface area contributed by atoms with Gasteiger partial charge in [0.25, 0.3) is 0 Å². The Balaban J connectivity index is 2.11. The number of H-pyrrole nitrogens is 1. The van der Waals surface area contributed by atoms with Gasteiger partial charge in [-0.1, -0.05) is 0 Å². The van der Waals surface area contributed by atoms with Crippen LogP contribution < -0.4 is 0 Å². The van der Waals surface area contributed by atoms with Crippen LogP contribution in [-0.2, 0) is 0 Å². The summed E-state index contributed by atoms with van der Waals surface area (Å²) in [6.07, 6.45) is 5.93. The fourth-order valence-corrected chi connectivity index (χ4v) is 2.53. The van der Waals surface area contributed by atoms with Crippen molar-refractivity contribution in [1.29, 1.82) is 0 Å². The maximum Gasteiger partial charge on any atom is 0.150 e. The number of carbonyl (C=O) groups excluding carboxylic acids is 1. The van der Waals surface area contributed by atoms with Crippen molar-refractivity contribution in [3.8, 4) is 11.3 Å². The highest BCUT2D eigenvalue weighted by molar-refractivity contribution is 6.11. The molecule has 0 unspecified atom stereocenters. The summed E-state index contributed by atoms with van der Waals surface area (Å²) in [4.78, 5) is 18.7. The van der Waals surface area contributed by atoms with Gasteiger partial charge in [0, 0.05) is 33.6 Å². The quantitative estimate of drug-likeness (QED) is 0.559. The van der Waals surface area contributed by atoms with Crippen LogP contribution in [0.3, 0.4) is 0 Å². The van der Waals surface area contributed by atoms with E-state index >= 15 is 0 Å². The summed E-state index contributed by atoms with van der Waals surface area (Å²) in [5.41, 5.74) is 4.38. The van der Waals surface area contributed by atoms with Crippen molar-refractivity contribution >= 4 is 28.1 Å². The molecule has 0 aliphatic carbocycles. The minimum Gasteiger partial charge on any atom is -0.472 e. The molecule has 96 valence electrons. The second kappa shape index (κ2) is 4.06. The Labute approximate surface area is 114 Å². The first kappa shape index (κ1) is 11.0. The van der Waals surface area contributed by atoms with E-state index in [2.05, 4.69) is 9.97 Å². The largest absolute Gasteiger partial charge is 0.472 e. The first-order valence-corrected chi connectivity index (χ1v) is 6.25. The third-order valence-corrected chi connectivity index (χ3v) is 3.48. The van der Waals surface area contributed by atoms with Crippen LogP contribution in [0, 0.1) is 0 Å². The van der Waals surface area contributed by atoms with Crippen molar-refractivity contribution in [3.63, 3.8) is 0 Å². The van der Waals surface area contributed by atoms with Gasteiger partial charge in [0.1, 0.15) is 6.29 Å². The Hall–Kier alpha value is -2.88. The molecule has 1 aromatic carbocycles. The van der Waals surface area contributed by atoms with Crippen molar-refractivity contribution in [2.45, 2.75) is 0 Å². The van der Waals surface area contributed by atoms with Crippen LogP contribution in [0.5, 0.6) is 0 Å². The van der Waals surface area contributed by atoms with Crippen molar-refractivity contribution in [2.75, 3.05) is 0 Å². The molecule has 0 amide bonds. The minimum absolute atomic E-state index is 0.667. The number of fused-ring (bicyclic) bond motifs is 3. The summed E-state index contributed by atoms with van der Waals surface area (Å²) in [5.74, 6) is 0. The zero-order chi connectivity index (χ0) is 13.5. The summed E-state index contributed by atoms with van der Waals surface area (Å²) in [6, 6.07) is 9.44. The van der Waals surface area contributed by atoms with Gasteiger partial charge in [0.05, 0.1) is 23.7 Å². The van der Waals surface area contributed by atoms with Crippen molar-refractivity contribution in [1.82, 2.24) is 9.97 Å². The lowest BCUT2D eigenvalue weighted by Crippen LogP contribution is -1.82. The van der Waals surface area contributed by atoms with E-state index in [1.165, 1.54) is 0 Å². The number of rotatable bonds is 2. The number of nitrogens with zero attached hydrogens (tertiary/aromatic N) is 1. The summed E-state index contributed by atoms with van der Waals surface area (Å²) in [5, 5.41) is 2.08. The topological polar surface area (TPSA) is 58.9 Å². The van der Waals surface area contributed by atoms with Crippen LogP contribution in [0.4, 0.5) is 0 Å². The molecule has 0 aliphatic heterocycles. The van der Waals surface area contributed by atoms with Crippen LogP contribution >= 0.6 is 0 Å². The zero-order valence-corrected chi connectivity index (χ0v) is 10.5. The summed E-state index contributed by atoms with van der Waals surface area (Å²) < 4.78 is 5.13. The molecule has 4 rings (SSSR count). The van der Waals surface area contributed by atoms with Gasteiger partial charge in [-0.2, -0.15) is 0 Å². The van der Waals surface area contributed by atoms with E-state index in [1.807, 2.05) is 24.3 Å². The molecule has 0 saturated heterocycles. The molecule has 1 N–H and O–H groups in total. The fraction of sp³-hybridized carbons (Fsp3) is 0. The van der Waals surface area contributed by atoms with Crippen molar-refractivity contribution in [3.05, 3.63) is 54.6 Å². The number of carbonyl (C=O) groups is 1. The molecule has 0 radical (unpaired) electrons. The van der Waals surface area contributed by atoms with Gasteiger partial charge in [-0.3, -0.25) is 9.78 Å². The summed E-state index contributed by atoms with van der Waals surface area (Å²) in [6.45, 7) is 0. The summed E-state index contributed by atoms with van der Waals surface area (Å²) in [7, 11) is 0. The first-order valence-electron chi connectivity index (χ1n) is 6.25. The number of aldehydes is 1. The fourth-order valence-electron chi connectivity index (χ4n) is 2.53. The van der Waals surface area contributed by atoms with E-state index in [9.17, 15) is 4.79 Å². The molecule has 0 atom stereocenters. The number of furan rings is 1. The lowest BCUT2D eigenvalue weighted by atomic mass is 10.1.